The molecule has 0 bridgehead atoms. The minimum atomic E-state index is -1.38. The maximum Gasteiger partial charge on any atom is 0.326 e. The summed E-state index contributed by atoms with van der Waals surface area (Å²) in [5, 5.41) is 37.5. The summed E-state index contributed by atoms with van der Waals surface area (Å²) in [6.45, 7) is 1.53. The number of hydrogen-bond donors (Lipinski definition) is 7. The molecule has 2 atom stereocenters. The predicted molar refractivity (Wildman–Crippen MR) is 196 cm³/mol. The number of ether oxygens (including phenoxy) is 4. The van der Waals surface area contributed by atoms with Gasteiger partial charge in [0.2, 0.25) is 23.6 Å². The highest BCUT2D eigenvalue weighted by Crippen LogP contribution is 2.12. The summed E-state index contributed by atoms with van der Waals surface area (Å²) in [6.07, 6.45) is 9.19. The molecule has 0 aliphatic heterocycles. The number of aliphatic carboxylic acids is 3. The Morgan fingerprint density at radius 2 is 0.891 bits per heavy atom. The van der Waals surface area contributed by atoms with Gasteiger partial charge >= 0.3 is 17.9 Å². The van der Waals surface area contributed by atoms with E-state index in [4.69, 9.17) is 24.1 Å². The topological polar surface area (TPSA) is 282 Å². The van der Waals surface area contributed by atoms with Crippen molar-refractivity contribution >= 4 is 47.8 Å². The number of aldehydes is 1. The van der Waals surface area contributed by atoms with E-state index >= 15 is 0 Å². The number of nitrogens with one attached hydrogen (secondary N) is 4. The van der Waals surface area contributed by atoms with Crippen molar-refractivity contribution in [1.82, 2.24) is 21.3 Å². The van der Waals surface area contributed by atoms with E-state index < -0.39 is 47.7 Å². The highest BCUT2D eigenvalue weighted by Gasteiger charge is 2.24. The minimum absolute atomic E-state index is 0.00783. The fourth-order valence-electron chi connectivity index (χ4n) is 4.98. The van der Waals surface area contributed by atoms with Crippen molar-refractivity contribution in [3.8, 4) is 0 Å². The molecule has 0 saturated carbocycles. The molecule has 0 heterocycles. The largest absolute Gasteiger partial charge is 0.481 e. The van der Waals surface area contributed by atoms with E-state index in [1.807, 2.05) is 0 Å². The third kappa shape index (κ3) is 34.1. The van der Waals surface area contributed by atoms with Crippen molar-refractivity contribution in [2.24, 2.45) is 0 Å². The first-order valence-corrected chi connectivity index (χ1v) is 19.0. The molecule has 0 saturated heterocycles. The Balaban J connectivity index is 4.04. The Kier molecular flexibility index (Phi) is 32.8. The van der Waals surface area contributed by atoms with Gasteiger partial charge in [-0.05, 0) is 25.7 Å². The molecule has 55 heavy (non-hydrogen) atoms. The van der Waals surface area contributed by atoms with Gasteiger partial charge in [-0.2, -0.15) is 0 Å². The summed E-state index contributed by atoms with van der Waals surface area (Å²) in [7, 11) is 0. The Morgan fingerprint density at radius 1 is 0.473 bits per heavy atom. The molecular formula is C36H62N4O15. The molecule has 316 valence electrons. The number of amides is 4. The van der Waals surface area contributed by atoms with Crippen LogP contribution in [0.25, 0.3) is 0 Å². The Labute approximate surface area is 322 Å². The number of unbranched alkanes of at least 4 members (excludes halogenated alkanes) is 9. The Morgan fingerprint density at radius 3 is 1.38 bits per heavy atom. The summed E-state index contributed by atoms with van der Waals surface area (Å²) < 4.78 is 20.7. The number of hydrogen-bond acceptors (Lipinski definition) is 12. The lowest BCUT2D eigenvalue weighted by Crippen LogP contribution is -2.44. The van der Waals surface area contributed by atoms with Crippen LogP contribution in [-0.2, 0) is 57.3 Å². The van der Waals surface area contributed by atoms with Crippen LogP contribution in [0.15, 0.2) is 0 Å². The zero-order valence-electron chi connectivity index (χ0n) is 31.9. The van der Waals surface area contributed by atoms with Crippen LogP contribution in [-0.4, -0.2) is 141 Å². The van der Waals surface area contributed by atoms with E-state index in [9.17, 15) is 48.6 Å². The quantitative estimate of drug-likeness (QED) is 0.0337. The van der Waals surface area contributed by atoms with Crippen molar-refractivity contribution in [3.05, 3.63) is 0 Å². The molecule has 19 nitrogen and oxygen atoms in total. The van der Waals surface area contributed by atoms with Crippen LogP contribution < -0.4 is 21.3 Å². The average Bonchev–Trinajstić information content (AvgIpc) is 3.13. The highest BCUT2D eigenvalue weighted by molar-refractivity contribution is 5.86. The molecule has 0 unspecified atom stereocenters. The molecule has 0 aromatic carbocycles. The number of carbonyl (C=O) groups excluding carboxylic acids is 5. The molecule has 0 aromatic rings. The lowest BCUT2D eigenvalue weighted by atomic mass is 10.0. The standard InChI is InChI=1S/C36H62N4O15/c41-19-22-54-24-23-52-21-18-38-33(45)27-55-26-25-53-20-17-37-30(42)15-13-28(35(48)49)40-32(44)16-14-29(36(50)51)39-31(43)11-9-7-5-3-1-2-4-6-8-10-12-34(46)47/h19,28-29H,1-18,20-27H2,(H,37,42)(H,38,45)(H,39,43)(H,40,44)(H,46,47)(H,48,49)(H,50,51)/t28-,29-/m0/s1. The van der Waals surface area contributed by atoms with E-state index in [1.165, 1.54) is 0 Å². The number of carbonyl (C=O) groups is 8. The van der Waals surface area contributed by atoms with Crippen LogP contribution in [0.5, 0.6) is 0 Å². The van der Waals surface area contributed by atoms with Gasteiger partial charge in [0.15, 0.2) is 0 Å². The normalized spacial score (nSPS) is 11.9. The lowest BCUT2D eigenvalue weighted by Gasteiger charge is -2.17. The van der Waals surface area contributed by atoms with E-state index in [-0.39, 0.29) is 104 Å². The van der Waals surface area contributed by atoms with E-state index in [2.05, 4.69) is 21.3 Å². The lowest BCUT2D eigenvalue weighted by molar-refractivity contribution is -0.143. The first kappa shape index (κ1) is 50.8. The van der Waals surface area contributed by atoms with Gasteiger partial charge in [-0.3, -0.25) is 24.0 Å². The summed E-state index contributed by atoms with van der Waals surface area (Å²) in [4.78, 5) is 92.5. The van der Waals surface area contributed by atoms with Gasteiger partial charge in [-0.15, -0.1) is 0 Å². The van der Waals surface area contributed by atoms with E-state index in [0.29, 0.717) is 25.7 Å². The summed E-state index contributed by atoms with van der Waals surface area (Å²) in [6, 6.07) is -2.70. The van der Waals surface area contributed by atoms with Gasteiger partial charge in [0.05, 0.1) is 39.6 Å². The minimum Gasteiger partial charge on any atom is -0.481 e. The highest BCUT2D eigenvalue weighted by atomic mass is 16.5. The average molecular weight is 791 g/mol. The zero-order valence-corrected chi connectivity index (χ0v) is 31.9. The molecule has 4 amide bonds. The number of carboxylic acid groups (broad SMARTS) is 3. The van der Waals surface area contributed by atoms with Crippen molar-refractivity contribution in [2.75, 3.05) is 65.9 Å². The molecule has 0 aliphatic carbocycles. The molecular weight excluding hydrogens is 728 g/mol. The molecule has 0 aromatic heterocycles. The van der Waals surface area contributed by atoms with Gasteiger partial charge in [0, 0.05) is 38.8 Å². The van der Waals surface area contributed by atoms with Crippen molar-refractivity contribution in [2.45, 2.75) is 115 Å². The first-order valence-electron chi connectivity index (χ1n) is 19.0. The molecule has 0 fully saturated rings. The van der Waals surface area contributed by atoms with Gasteiger partial charge in [-0.1, -0.05) is 51.4 Å². The maximum absolute atomic E-state index is 12.4. The van der Waals surface area contributed by atoms with Crippen LogP contribution in [0.1, 0.15) is 103 Å². The summed E-state index contributed by atoms with van der Waals surface area (Å²) in [5.74, 6) is -5.42. The maximum atomic E-state index is 12.4. The van der Waals surface area contributed by atoms with Gasteiger partial charge in [-0.25, -0.2) is 9.59 Å². The SMILES string of the molecule is O=CCOCCOCCNC(=O)COCCOCCNC(=O)CC[C@H](NC(=O)CC[C@H](NC(=O)CCCCCCCCCCCCC(=O)O)C(=O)O)C(=O)O. The Bertz CT molecular complexity index is 1120. The predicted octanol–water partition coefficient (Wildman–Crippen LogP) is 0.949. The van der Waals surface area contributed by atoms with E-state index in [0.717, 1.165) is 51.4 Å². The van der Waals surface area contributed by atoms with Gasteiger partial charge in [0.1, 0.15) is 31.6 Å². The fourth-order valence-corrected chi connectivity index (χ4v) is 4.98. The van der Waals surface area contributed by atoms with Crippen LogP contribution in [0.3, 0.4) is 0 Å². The monoisotopic (exact) mass is 790 g/mol. The zero-order chi connectivity index (χ0) is 40.9. The van der Waals surface area contributed by atoms with E-state index in [1.54, 1.807) is 0 Å². The summed E-state index contributed by atoms with van der Waals surface area (Å²) in [5.41, 5.74) is 0. The van der Waals surface area contributed by atoms with Crippen LogP contribution in [0.4, 0.5) is 0 Å². The molecule has 0 rings (SSSR count). The Hall–Kier alpha value is -4.20. The van der Waals surface area contributed by atoms with Crippen molar-refractivity contribution in [3.63, 3.8) is 0 Å². The smallest absolute Gasteiger partial charge is 0.326 e. The molecule has 0 radical (unpaired) electrons. The molecule has 19 heteroatoms. The van der Waals surface area contributed by atoms with Crippen LogP contribution in [0.2, 0.25) is 0 Å². The number of rotatable bonds is 39. The van der Waals surface area contributed by atoms with Gasteiger partial charge in [0.25, 0.3) is 0 Å². The number of carboxylic acids is 3. The third-order valence-corrected chi connectivity index (χ3v) is 7.93. The third-order valence-electron chi connectivity index (χ3n) is 7.93. The summed E-state index contributed by atoms with van der Waals surface area (Å²) >= 11 is 0. The van der Waals surface area contributed by atoms with Crippen LogP contribution >= 0.6 is 0 Å². The second kappa shape index (κ2) is 35.5. The molecule has 0 aliphatic rings. The second-order valence-electron chi connectivity index (χ2n) is 12.6. The van der Waals surface area contributed by atoms with Gasteiger partial charge < -0.3 is 60.3 Å². The molecule has 7 N–H and O–H groups in total. The first-order chi connectivity index (χ1) is 26.5. The van der Waals surface area contributed by atoms with Crippen LogP contribution in [0, 0.1) is 0 Å². The molecule has 0 spiro atoms. The van der Waals surface area contributed by atoms with Crippen molar-refractivity contribution in [1.29, 1.82) is 0 Å². The van der Waals surface area contributed by atoms with Crippen molar-refractivity contribution < 1.29 is 72.6 Å². The fraction of sp³-hybridized carbons (Fsp3) is 0.778. The second-order valence-corrected chi connectivity index (χ2v) is 12.6.